The van der Waals surface area contributed by atoms with Crippen LogP contribution in [0, 0.1) is 5.82 Å². The lowest BCUT2D eigenvalue weighted by atomic mass is 10.2. The van der Waals surface area contributed by atoms with Crippen LogP contribution in [-0.2, 0) is 21.4 Å². The number of oxazole rings is 1. The summed E-state index contributed by atoms with van der Waals surface area (Å²) in [5.74, 6) is -1.02. The van der Waals surface area contributed by atoms with Gasteiger partial charge in [0.25, 0.3) is 0 Å². The Morgan fingerprint density at radius 3 is 2.53 bits per heavy atom. The van der Waals surface area contributed by atoms with Gasteiger partial charge in [-0.15, -0.1) is 0 Å². The molecule has 1 amide bonds. The van der Waals surface area contributed by atoms with E-state index in [1.807, 2.05) is 6.07 Å². The summed E-state index contributed by atoms with van der Waals surface area (Å²) in [6.07, 6.45) is 1.23. The van der Waals surface area contributed by atoms with Gasteiger partial charge >= 0.3 is 5.76 Å². The lowest BCUT2D eigenvalue weighted by Gasteiger charge is -2.22. The number of amides is 1. The molecule has 0 atom stereocenters. The summed E-state index contributed by atoms with van der Waals surface area (Å²) in [5.41, 5.74) is 1.21. The van der Waals surface area contributed by atoms with Crippen LogP contribution in [0.4, 0.5) is 4.39 Å². The number of aromatic nitrogens is 1. The Hall–Kier alpha value is -2.98. The molecule has 4 rings (SSSR count). The summed E-state index contributed by atoms with van der Waals surface area (Å²) >= 11 is 0. The maximum absolute atomic E-state index is 13.1. The van der Waals surface area contributed by atoms with Gasteiger partial charge in [-0.05, 0) is 49.2 Å². The van der Waals surface area contributed by atoms with Crippen LogP contribution in [0.5, 0.6) is 0 Å². The van der Waals surface area contributed by atoms with Crippen molar-refractivity contribution in [3.05, 3.63) is 64.9 Å². The first-order chi connectivity index (χ1) is 15.4. The molecule has 0 radical (unpaired) electrons. The highest BCUT2D eigenvalue weighted by atomic mass is 32.2. The Kier molecular flexibility index (Phi) is 6.43. The molecule has 2 heterocycles. The third-order valence-corrected chi connectivity index (χ3v) is 7.52. The highest BCUT2D eigenvalue weighted by Gasteiger charge is 2.28. The summed E-state index contributed by atoms with van der Waals surface area (Å²) in [6.45, 7) is 1.58. The number of halogens is 1. The van der Waals surface area contributed by atoms with Crippen molar-refractivity contribution in [2.75, 3.05) is 26.2 Å². The molecule has 0 unspecified atom stereocenters. The lowest BCUT2D eigenvalue weighted by molar-refractivity contribution is -0.131. The Bertz CT molecular complexity index is 1270. The first-order valence-corrected chi connectivity index (χ1v) is 11.9. The van der Waals surface area contributed by atoms with E-state index in [2.05, 4.69) is 0 Å². The van der Waals surface area contributed by atoms with E-state index in [1.165, 1.54) is 21.0 Å². The number of aryl methyl sites for hydroxylation is 1. The minimum absolute atomic E-state index is 0.0384. The first kappa shape index (κ1) is 22.2. The Morgan fingerprint density at radius 1 is 1.00 bits per heavy atom. The van der Waals surface area contributed by atoms with Gasteiger partial charge in [0.15, 0.2) is 5.58 Å². The largest absolute Gasteiger partial charge is 0.419 e. The van der Waals surface area contributed by atoms with Crippen molar-refractivity contribution >= 4 is 27.0 Å². The molecular formula is C22H24FN3O5S. The van der Waals surface area contributed by atoms with Gasteiger partial charge in [0.05, 0.1) is 10.4 Å². The number of carbonyl (C=O) groups excluding carboxylic acids is 1. The standard InChI is InChI=1S/C22H24FN3O5S/c23-17-8-10-18(11-9-17)32(29,30)25-13-4-12-24(15-16-25)21(27)7-3-14-26-19-5-1-2-6-20(19)31-22(26)28/h1-2,5-6,8-11H,3-4,7,12-16H2. The van der Waals surface area contributed by atoms with Crippen LogP contribution in [0.25, 0.3) is 11.1 Å². The summed E-state index contributed by atoms with van der Waals surface area (Å²) in [7, 11) is -3.74. The monoisotopic (exact) mass is 461 g/mol. The van der Waals surface area contributed by atoms with Crippen molar-refractivity contribution in [1.82, 2.24) is 13.8 Å². The van der Waals surface area contributed by atoms with Crippen LogP contribution in [0.3, 0.4) is 0 Å². The number of fused-ring (bicyclic) bond motifs is 1. The van der Waals surface area contributed by atoms with E-state index >= 15 is 0 Å². The smallest absolute Gasteiger partial charge is 0.408 e. The molecule has 170 valence electrons. The van der Waals surface area contributed by atoms with Gasteiger partial charge in [-0.25, -0.2) is 17.6 Å². The van der Waals surface area contributed by atoms with E-state index in [9.17, 15) is 22.4 Å². The maximum Gasteiger partial charge on any atom is 0.419 e. The van der Waals surface area contributed by atoms with E-state index in [0.29, 0.717) is 43.6 Å². The van der Waals surface area contributed by atoms with Gasteiger partial charge in [0, 0.05) is 39.1 Å². The lowest BCUT2D eigenvalue weighted by Crippen LogP contribution is -2.37. The topological polar surface area (TPSA) is 92.8 Å². The van der Waals surface area contributed by atoms with E-state index < -0.39 is 21.6 Å². The van der Waals surface area contributed by atoms with Crippen LogP contribution in [0.1, 0.15) is 19.3 Å². The average Bonchev–Trinajstić information content (AvgIpc) is 2.93. The minimum atomic E-state index is -3.74. The van der Waals surface area contributed by atoms with E-state index in [1.54, 1.807) is 23.1 Å². The van der Waals surface area contributed by atoms with E-state index in [-0.39, 0.29) is 30.3 Å². The van der Waals surface area contributed by atoms with Crippen LogP contribution in [0.15, 0.2) is 62.6 Å². The minimum Gasteiger partial charge on any atom is -0.408 e. The molecule has 1 saturated heterocycles. The molecule has 3 aromatic rings. The number of nitrogens with zero attached hydrogens (tertiary/aromatic N) is 3. The Balaban J connectivity index is 1.34. The molecule has 2 aromatic carbocycles. The maximum atomic E-state index is 13.1. The van der Waals surface area contributed by atoms with Crippen molar-refractivity contribution in [3.8, 4) is 0 Å². The SMILES string of the molecule is O=C(CCCn1c(=O)oc2ccccc21)N1CCCN(S(=O)(=O)c2ccc(F)cc2)CC1. The molecule has 32 heavy (non-hydrogen) atoms. The fraction of sp³-hybridized carbons (Fsp3) is 0.364. The molecule has 0 aliphatic carbocycles. The van der Waals surface area contributed by atoms with E-state index in [4.69, 9.17) is 4.42 Å². The molecule has 0 N–H and O–H groups in total. The fourth-order valence-corrected chi connectivity index (χ4v) is 5.38. The van der Waals surface area contributed by atoms with Crippen molar-refractivity contribution < 1.29 is 22.0 Å². The van der Waals surface area contributed by atoms with Crippen LogP contribution in [-0.4, -0.2) is 54.3 Å². The quantitative estimate of drug-likeness (QED) is 0.562. The van der Waals surface area contributed by atoms with Crippen molar-refractivity contribution in [2.24, 2.45) is 0 Å². The average molecular weight is 462 g/mol. The summed E-state index contributed by atoms with van der Waals surface area (Å²) in [5, 5.41) is 0. The number of hydrogen-bond donors (Lipinski definition) is 0. The van der Waals surface area contributed by atoms with Gasteiger partial charge < -0.3 is 9.32 Å². The molecule has 1 aromatic heterocycles. The number of carbonyl (C=O) groups is 1. The predicted octanol–water partition coefficient (Wildman–Crippen LogP) is 2.44. The van der Waals surface area contributed by atoms with Crippen molar-refractivity contribution in [2.45, 2.75) is 30.7 Å². The van der Waals surface area contributed by atoms with Gasteiger partial charge in [-0.1, -0.05) is 12.1 Å². The number of sulfonamides is 1. The zero-order chi connectivity index (χ0) is 22.7. The normalized spacial score (nSPS) is 15.7. The molecular weight excluding hydrogens is 437 g/mol. The molecule has 1 aliphatic heterocycles. The van der Waals surface area contributed by atoms with Crippen LogP contribution in [0.2, 0.25) is 0 Å². The molecule has 0 bridgehead atoms. The molecule has 8 nitrogen and oxygen atoms in total. The number of hydrogen-bond acceptors (Lipinski definition) is 5. The molecule has 0 saturated carbocycles. The highest BCUT2D eigenvalue weighted by Crippen LogP contribution is 2.19. The van der Waals surface area contributed by atoms with Gasteiger partial charge in [-0.3, -0.25) is 9.36 Å². The van der Waals surface area contributed by atoms with E-state index in [0.717, 1.165) is 12.1 Å². The predicted molar refractivity (Wildman–Crippen MR) is 116 cm³/mol. The molecule has 0 spiro atoms. The summed E-state index contributed by atoms with van der Waals surface area (Å²) in [4.78, 5) is 26.4. The molecule has 1 fully saturated rings. The first-order valence-electron chi connectivity index (χ1n) is 10.5. The summed E-state index contributed by atoms with van der Waals surface area (Å²) < 4.78 is 46.9. The summed E-state index contributed by atoms with van der Waals surface area (Å²) in [6, 6.07) is 11.9. The number of para-hydroxylation sites is 2. The van der Waals surface area contributed by atoms with Gasteiger partial charge in [0.1, 0.15) is 5.82 Å². The second-order valence-corrected chi connectivity index (χ2v) is 9.62. The Labute approximate surface area is 184 Å². The molecule has 1 aliphatic rings. The molecule has 10 heteroatoms. The second-order valence-electron chi connectivity index (χ2n) is 7.68. The highest BCUT2D eigenvalue weighted by molar-refractivity contribution is 7.89. The van der Waals surface area contributed by atoms with Gasteiger partial charge in [-0.2, -0.15) is 4.31 Å². The van der Waals surface area contributed by atoms with Crippen LogP contribution < -0.4 is 5.76 Å². The third kappa shape index (κ3) is 4.61. The van der Waals surface area contributed by atoms with Crippen molar-refractivity contribution in [3.63, 3.8) is 0 Å². The zero-order valence-electron chi connectivity index (χ0n) is 17.4. The second kappa shape index (κ2) is 9.25. The van der Waals surface area contributed by atoms with Crippen molar-refractivity contribution in [1.29, 1.82) is 0 Å². The fourth-order valence-electron chi connectivity index (χ4n) is 3.91. The zero-order valence-corrected chi connectivity index (χ0v) is 18.3. The Morgan fingerprint density at radius 2 is 1.75 bits per heavy atom. The number of benzene rings is 2. The number of rotatable bonds is 6. The van der Waals surface area contributed by atoms with Gasteiger partial charge in [0.2, 0.25) is 15.9 Å². The third-order valence-electron chi connectivity index (χ3n) is 5.61. The van der Waals surface area contributed by atoms with Crippen LogP contribution >= 0.6 is 0 Å².